The van der Waals surface area contributed by atoms with Crippen LogP contribution in [0.15, 0.2) is 24.3 Å². The number of halogens is 3. The lowest BCUT2D eigenvalue weighted by Gasteiger charge is -2.18. The predicted molar refractivity (Wildman–Crippen MR) is 77.7 cm³/mol. The van der Waals surface area contributed by atoms with E-state index in [9.17, 15) is 18.0 Å². The number of ether oxygens (including phenoxy) is 3. The first-order valence-electron chi connectivity index (χ1n) is 7.42. The summed E-state index contributed by atoms with van der Waals surface area (Å²) in [5, 5.41) is 14.2. The molecule has 0 bridgehead atoms. The lowest BCUT2D eigenvalue weighted by atomic mass is 10.0. The molecule has 3 rings (SSSR count). The normalized spacial score (nSPS) is 28.1. The van der Waals surface area contributed by atoms with Crippen molar-refractivity contribution >= 4 is 11.7 Å². The molecule has 2 heterocycles. The van der Waals surface area contributed by atoms with E-state index in [0.29, 0.717) is 5.69 Å². The smallest absolute Gasteiger partial charge is 0.406 e. The lowest BCUT2D eigenvalue weighted by molar-refractivity contribution is -0.274. The number of amides is 2. The number of anilines is 1. The Balaban J connectivity index is 1.52. The van der Waals surface area contributed by atoms with Gasteiger partial charge >= 0.3 is 12.4 Å². The Morgan fingerprint density at radius 1 is 1.20 bits per heavy atom. The molecule has 0 saturated carbocycles. The molecule has 7 nitrogen and oxygen atoms in total. The number of urea groups is 1. The van der Waals surface area contributed by atoms with Gasteiger partial charge in [0, 0.05) is 5.69 Å². The number of benzene rings is 1. The van der Waals surface area contributed by atoms with Gasteiger partial charge in [-0.2, -0.15) is 5.26 Å². The van der Waals surface area contributed by atoms with Crippen LogP contribution in [-0.4, -0.2) is 43.9 Å². The molecule has 1 aromatic rings. The number of carbonyl (C=O) groups is 1. The Hall–Kier alpha value is -2.51. The van der Waals surface area contributed by atoms with E-state index in [2.05, 4.69) is 21.4 Å². The summed E-state index contributed by atoms with van der Waals surface area (Å²) in [4.78, 5) is 12.0. The maximum atomic E-state index is 12.1. The highest BCUT2D eigenvalue weighted by Crippen LogP contribution is 2.30. The van der Waals surface area contributed by atoms with E-state index in [1.54, 1.807) is 0 Å². The van der Waals surface area contributed by atoms with Crippen LogP contribution in [0, 0.1) is 17.2 Å². The summed E-state index contributed by atoms with van der Waals surface area (Å²) in [6.45, 7) is 0.478. The molecule has 2 saturated heterocycles. The molecule has 0 unspecified atom stereocenters. The van der Waals surface area contributed by atoms with Crippen LogP contribution in [0.1, 0.15) is 0 Å². The number of alkyl halides is 3. The third kappa shape index (κ3) is 4.12. The molecular formula is C15H14F3N3O4. The number of hydrogen-bond acceptors (Lipinski definition) is 5. The summed E-state index contributed by atoms with van der Waals surface area (Å²) >= 11 is 0. The Labute approximate surface area is 140 Å². The van der Waals surface area contributed by atoms with Crippen LogP contribution in [0.25, 0.3) is 0 Å². The SMILES string of the molecule is N#C[C@H]1CO[C@H]2[C@@H]1OC[C@@H]2NC(=O)Nc1ccc(OC(F)(F)F)cc1. The molecule has 2 aliphatic heterocycles. The Morgan fingerprint density at radius 3 is 2.52 bits per heavy atom. The molecule has 2 amide bonds. The van der Waals surface area contributed by atoms with Gasteiger partial charge in [0.05, 0.1) is 31.2 Å². The van der Waals surface area contributed by atoms with Crippen molar-refractivity contribution in [3.05, 3.63) is 24.3 Å². The summed E-state index contributed by atoms with van der Waals surface area (Å²) in [6, 6.07) is 5.89. The molecule has 25 heavy (non-hydrogen) atoms. The molecule has 0 radical (unpaired) electrons. The quantitative estimate of drug-likeness (QED) is 0.863. The van der Waals surface area contributed by atoms with Gasteiger partial charge < -0.3 is 24.8 Å². The van der Waals surface area contributed by atoms with E-state index in [0.717, 1.165) is 12.1 Å². The first kappa shape index (κ1) is 17.3. The first-order chi connectivity index (χ1) is 11.9. The number of nitrogens with zero attached hydrogens (tertiary/aromatic N) is 1. The maximum absolute atomic E-state index is 12.1. The lowest BCUT2D eigenvalue weighted by Crippen LogP contribution is -2.45. The van der Waals surface area contributed by atoms with E-state index in [4.69, 9.17) is 14.7 Å². The topological polar surface area (TPSA) is 92.6 Å². The van der Waals surface area contributed by atoms with Crippen molar-refractivity contribution in [3.63, 3.8) is 0 Å². The van der Waals surface area contributed by atoms with Crippen LogP contribution in [0.2, 0.25) is 0 Å². The molecule has 4 atom stereocenters. The second-order valence-corrected chi connectivity index (χ2v) is 5.61. The summed E-state index contributed by atoms with van der Waals surface area (Å²) in [6.07, 6.45) is -5.53. The molecule has 10 heteroatoms. The minimum atomic E-state index is -4.77. The van der Waals surface area contributed by atoms with Gasteiger partial charge in [-0.1, -0.05) is 0 Å². The molecule has 0 aliphatic carbocycles. The van der Waals surface area contributed by atoms with Crippen LogP contribution in [0.5, 0.6) is 5.75 Å². The van der Waals surface area contributed by atoms with Gasteiger partial charge in [-0.3, -0.25) is 0 Å². The average Bonchev–Trinajstić information content (AvgIpc) is 3.10. The zero-order valence-electron chi connectivity index (χ0n) is 12.7. The number of hydrogen-bond donors (Lipinski definition) is 2. The van der Waals surface area contributed by atoms with Gasteiger partial charge in [-0.05, 0) is 24.3 Å². The highest BCUT2D eigenvalue weighted by atomic mass is 19.4. The number of nitriles is 1. The highest BCUT2D eigenvalue weighted by molar-refractivity contribution is 5.89. The fraction of sp³-hybridized carbons (Fsp3) is 0.467. The Bertz CT molecular complexity index is 674. The van der Waals surface area contributed by atoms with Crippen LogP contribution >= 0.6 is 0 Å². The van der Waals surface area contributed by atoms with Gasteiger partial charge in [-0.15, -0.1) is 13.2 Å². The standard InChI is InChI=1S/C15H14F3N3O4/c16-15(17,18)25-10-3-1-9(2-4-10)20-14(22)21-11-7-24-12-8(5-19)6-23-13(11)12/h1-4,8,11-13H,6-7H2,(H2,20,21,22)/t8-,11-,12+,13+/m0/s1. The molecule has 1 aromatic carbocycles. The van der Waals surface area contributed by atoms with Crippen molar-refractivity contribution < 1.29 is 32.2 Å². The van der Waals surface area contributed by atoms with Crippen molar-refractivity contribution in [2.24, 2.45) is 5.92 Å². The fourth-order valence-electron chi connectivity index (χ4n) is 2.81. The second kappa shape index (κ2) is 6.78. The van der Waals surface area contributed by atoms with Crippen molar-refractivity contribution in [2.75, 3.05) is 18.5 Å². The first-order valence-corrected chi connectivity index (χ1v) is 7.42. The molecule has 2 N–H and O–H groups in total. The minimum absolute atomic E-state index is 0.222. The minimum Gasteiger partial charge on any atom is -0.406 e. The molecule has 134 valence electrons. The highest BCUT2D eigenvalue weighted by Gasteiger charge is 2.48. The van der Waals surface area contributed by atoms with Gasteiger partial charge in [0.15, 0.2) is 0 Å². The fourth-order valence-corrected chi connectivity index (χ4v) is 2.81. The van der Waals surface area contributed by atoms with E-state index in [1.807, 2.05) is 0 Å². The number of fused-ring (bicyclic) bond motifs is 1. The number of nitrogens with one attached hydrogen (secondary N) is 2. The van der Waals surface area contributed by atoms with Crippen molar-refractivity contribution in [2.45, 2.75) is 24.6 Å². The molecular weight excluding hydrogens is 343 g/mol. The zero-order valence-corrected chi connectivity index (χ0v) is 12.7. The predicted octanol–water partition coefficient (Wildman–Crippen LogP) is 2.01. The Morgan fingerprint density at radius 2 is 1.88 bits per heavy atom. The van der Waals surface area contributed by atoms with Gasteiger partial charge in [-0.25, -0.2) is 4.79 Å². The zero-order chi connectivity index (χ0) is 18.0. The van der Waals surface area contributed by atoms with Crippen molar-refractivity contribution in [1.82, 2.24) is 5.32 Å². The van der Waals surface area contributed by atoms with E-state index in [-0.39, 0.29) is 31.0 Å². The third-order valence-electron chi connectivity index (χ3n) is 3.88. The van der Waals surface area contributed by atoms with E-state index < -0.39 is 24.5 Å². The summed E-state index contributed by atoms with van der Waals surface area (Å²) in [5.41, 5.74) is 0.296. The summed E-state index contributed by atoms with van der Waals surface area (Å²) in [5.74, 6) is -0.742. The Kier molecular flexibility index (Phi) is 4.69. The van der Waals surface area contributed by atoms with Gasteiger partial charge in [0.25, 0.3) is 0 Å². The molecule has 2 fully saturated rings. The summed E-state index contributed by atoms with van der Waals surface area (Å²) in [7, 11) is 0. The third-order valence-corrected chi connectivity index (χ3v) is 3.88. The van der Waals surface area contributed by atoms with Crippen LogP contribution in [-0.2, 0) is 9.47 Å². The molecule has 0 spiro atoms. The van der Waals surface area contributed by atoms with E-state index >= 15 is 0 Å². The second-order valence-electron chi connectivity index (χ2n) is 5.61. The van der Waals surface area contributed by atoms with Crippen LogP contribution in [0.4, 0.5) is 23.7 Å². The number of rotatable bonds is 3. The maximum Gasteiger partial charge on any atom is 0.573 e. The van der Waals surface area contributed by atoms with Crippen molar-refractivity contribution in [1.29, 1.82) is 5.26 Å². The monoisotopic (exact) mass is 357 g/mol. The largest absolute Gasteiger partial charge is 0.573 e. The van der Waals surface area contributed by atoms with Gasteiger partial charge in [0.1, 0.15) is 18.0 Å². The molecule has 0 aromatic heterocycles. The summed E-state index contributed by atoms with van der Waals surface area (Å²) < 4.78 is 51.0. The van der Waals surface area contributed by atoms with E-state index in [1.165, 1.54) is 12.1 Å². The van der Waals surface area contributed by atoms with Crippen molar-refractivity contribution in [3.8, 4) is 11.8 Å². The average molecular weight is 357 g/mol. The van der Waals surface area contributed by atoms with Crippen LogP contribution in [0.3, 0.4) is 0 Å². The van der Waals surface area contributed by atoms with Crippen LogP contribution < -0.4 is 15.4 Å². The number of carbonyl (C=O) groups excluding carboxylic acids is 1. The van der Waals surface area contributed by atoms with Gasteiger partial charge in [0.2, 0.25) is 0 Å². The molecule has 2 aliphatic rings.